The third-order valence-electron chi connectivity index (χ3n) is 3.02. The van der Waals surface area contributed by atoms with Gasteiger partial charge in [0.2, 0.25) is 0 Å². The summed E-state index contributed by atoms with van der Waals surface area (Å²) in [6, 6.07) is 5.68. The molecule has 5 heteroatoms. The molecule has 0 spiro atoms. The number of hydrogen-bond acceptors (Lipinski definition) is 3. The minimum atomic E-state index is -0.221. The first-order valence-electron chi connectivity index (χ1n) is 6.38. The van der Waals surface area contributed by atoms with Crippen LogP contribution < -0.4 is 10.2 Å². The maximum Gasteiger partial charge on any atom is 0.277 e. The van der Waals surface area contributed by atoms with Gasteiger partial charge >= 0.3 is 0 Å². The summed E-state index contributed by atoms with van der Waals surface area (Å²) < 4.78 is 6.46. The normalized spacial score (nSPS) is 14.3. The molecule has 1 N–H and O–H groups in total. The second kappa shape index (κ2) is 6.70. The van der Waals surface area contributed by atoms with E-state index in [0.717, 1.165) is 28.6 Å². The molecule has 0 unspecified atom stereocenters. The van der Waals surface area contributed by atoms with E-state index in [1.54, 1.807) is 0 Å². The lowest BCUT2D eigenvalue weighted by molar-refractivity contribution is -0.123. The van der Waals surface area contributed by atoms with Gasteiger partial charge in [0.15, 0.2) is 6.61 Å². The average Bonchev–Trinajstić information content (AvgIpc) is 2.88. The van der Waals surface area contributed by atoms with E-state index in [4.69, 9.17) is 4.74 Å². The van der Waals surface area contributed by atoms with Crippen molar-refractivity contribution >= 4 is 27.5 Å². The van der Waals surface area contributed by atoms with Crippen LogP contribution in [0.2, 0.25) is 0 Å². The van der Waals surface area contributed by atoms with E-state index in [1.165, 1.54) is 12.8 Å². The Bertz CT molecular complexity index is 492. The molecule has 0 aromatic heterocycles. The summed E-state index contributed by atoms with van der Waals surface area (Å²) in [6.07, 6.45) is 4.33. The zero-order valence-electron chi connectivity index (χ0n) is 10.9. The molecule has 1 aliphatic rings. The van der Waals surface area contributed by atoms with Gasteiger partial charge in [0.05, 0.1) is 0 Å². The highest BCUT2D eigenvalue weighted by Crippen LogP contribution is 2.21. The maximum absolute atomic E-state index is 11.6. The van der Waals surface area contributed by atoms with E-state index in [2.05, 4.69) is 26.5 Å². The highest BCUT2D eigenvalue weighted by atomic mass is 79.9. The minimum Gasteiger partial charge on any atom is -0.483 e. The lowest BCUT2D eigenvalue weighted by Crippen LogP contribution is -2.25. The monoisotopic (exact) mass is 324 g/mol. The summed E-state index contributed by atoms with van der Waals surface area (Å²) in [6.45, 7) is 1.93. The van der Waals surface area contributed by atoms with Crippen molar-refractivity contribution in [2.24, 2.45) is 5.10 Å². The van der Waals surface area contributed by atoms with Crippen LogP contribution in [0.15, 0.2) is 27.8 Å². The fraction of sp³-hybridized carbons (Fsp3) is 0.429. The average molecular weight is 325 g/mol. The Balaban J connectivity index is 1.81. The number of nitrogens with zero attached hydrogens (tertiary/aromatic N) is 1. The Labute approximate surface area is 121 Å². The number of hydrogen-bond donors (Lipinski definition) is 1. The lowest BCUT2D eigenvalue weighted by Gasteiger charge is -2.08. The molecular formula is C14H17BrN2O2. The molecule has 2 rings (SSSR count). The molecule has 0 radical (unpaired) electrons. The zero-order chi connectivity index (χ0) is 13.7. The van der Waals surface area contributed by atoms with Crippen LogP contribution in [0.25, 0.3) is 0 Å². The maximum atomic E-state index is 11.6. The molecule has 1 aromatic carbocycles. The van der Waals surface area contributed by atoms with E-state index < -0.39 is 0 Å². The van der Waals surface area contributed by atoms with Gasteiger partial charge in [-0.25, -0.2) is 5.43 Å². The van der Waals surface area contributed by atoms with Gasteiger partial charge in [-0.3, -0.25) is 4.79 Å². The van der Waals surface area contributed by atoms with E-state index in [9.17, 15) is 4.79 Å². The van der Waals surface area contributed by atoms with Crippen molar-refractivity contribution in [1.29, 1.82) is 0 Å². The number of carbonyl (C=O) groups is 1. The molecule has 102 valence electrons. The molecule has 19 heavy (non-hydrogen) atoms. The topological polar surface area (TPSA) is 50.7 Å². The Kier molecular flexibility index (Phi) is 4.96. The van der Waals surface area contributed by atoms with E-state index in [1.807, 2.05) is 25.1 Å². The predicted octanol–water partition coefficient (Wildman–Crippen LogP) is 3.18. The van der Waals surface area contributed by atoms with Gasteiger partial charge in [-0.2, -0.15) is 5.10 Å². The summed E-state index contributed by atoms with van der Waals surface area (Å²) in [5, 5.41) is 4.10. The first kappa shape index (κ1) is 14.1. The first-order chi connectivity index (χ1) is 9.15. The van der Waals surface area contributed by atoms with Gasteiger partial charge in [-0.05, 0) is 56.4 Å². The van der Waals surface area contributed by atoms with Gasteiger partial charge < -0.3 is 4.74 Å². The molecule has 1 amide bonds. The number of benzene rings is 1. The first-order valence-corrected chi connectivity index (χ1v) is 7.17. The van der Waals surface area contributed by atoms with E-state index in [-0.39, 0.29) is 12.5 Å². The van der Waals surface area contributed by atoms with Crippen molar-refractivity contribution in [1.82, 2.24) is 5.43 Å². The number of nitrogens with one attached hydrogen (secondary N) is 1. The number of halogens is 1. The second-order valence-electron chi connectivity index (χ2n) is 4.62. The van der Waals surface area contributed by atoms with Crippen molar-refractivity contribution in [2.75, 3.05) is 6.61 Å². The Hall–Kier alpha value is -1.36. The number of hydrazone groups is 1. The number of ether oxygens (including phenoxy) is 1. The van der Waals surface area contributed by atoms with Crippen molar-refractivity contribution in [2.45, 2.75) is 32.6 Å². The van der Waals surface area contributed by atoms with Gasteiger partial charge in [-0.1, -0.05) is 15.9 Å². The smallest absolute Gasteiger partial charge is 0.277 e. The second-order valence-corrected chi connectivity index (χ2v) is 5.53. The molecule has 0 bridgehead atoms. The summed E-state index contributed by atoms with van der Waals surface area (Å²) >= 11 is 3.39. The van der Waals surface area contributed by atoms with Crippen molar-refractivity contribution in [3.63, 3.8) is 0 Å². The third-order valence-corrected chi connectivity index (χ3v) is 3.51. The quantitative estimate of drug-likeness (QED) is 0.865. The lowest BCUT2D eigenvalue weighted by atomic mass is 10.2. The van der Waals surface area contributed by atoms with Crippen LogP contribution in [-0.4, -0.2) is 18.2 Å². The fourth-order valence-corrected chi connectivity index (χ4v) is 2.46. The molecule has 1 aliphatic carbocycles. The number of aryl methyl sites for hydroxylation is 1. The molecule has 0 heterocycles. The molecule has 1 fully saturated rings. The molecule has 0 saturated heterocycles. The van der Waals surface area contributed by atoms with E-state index in [0.29, 0.717) is 5.75 Å². The summed E-state index contributed by atoms with van der Waals surface area (Å²) in [5.74, 6) is 0.494. The highest BCUT2D eigenvalue weighted by molar-refractivity contribution is 9.10. The van der Waals surface area contributed by atoms with Crippen molar-refractivity contribution in [3.05, 3.63) is 28.2 Å². The Morgan fingerprint density at radius 2 is 2.16 bits per heavy atom. The Morgan fingerprint density at radius 3 is 2.84 bits per heavy atom. The van der Waals surface area contributed by atoms with E-state index >= 15 is 0 Å². The fourth-order valence-electron chi connectivity index (χ4n) is 1.99. The van der Waals surface area contributed by atoms with Crippen LogP contribution in [0.5, 0.6) is 5.75 Å². The van der Waals surface area contributed by atoms with Gasteiger partial charge in [-0.15, -0.1) is 0 Å². The van der Waals surface area contributed by atoms with Gasteiger partial charge in [0, 0.05) is 10.2 Å². The van der Waals surface area contributed by atoms with Gasteiger partial charge in [0.1, 0.15) is 5.75 Å². The van der Waals surface area contributed by atoms with Crippen LogP contribution in [0.1, 0.15) is 31.2 Å². The molecule has 1 aromatic rings. The Morgan fingerprint density at radius 1 is 1.42 bits per heavy atom. The highest BCUT2D eigenvalue weighted by Gasteiger charge is 2.09. The largest absolute Gasteiger partial charge is 0.483 e. The van der Waals surface area contributed by atoms with Crippen LogP contribution in [0, 0.1) is 6.92 Å². The standard InChI is InChI=1S/C14H17BrN2O2/c1-10-8-11(15)6-7-13(10)19-9-14(18)17-16-12-4-2-3-5-12/h6-8H,2-5,9H2,1H3,(H,17,18). The predicted molar refractivity (Wildman–Crippen MR) is 78.4 cm³/mol. The third kappa shape index (κ3) is 4.35. The van der Waals surface area contributed by atoms with Gasteiger partial charge in [0.25, 0.3) is 5.91 Å². The van der Waals surface area contributed by atoms with Crippen molar-refractivity contribution < 1.29 is 9.53 Å². The zero-order valence-corrected chi connectivity index (χ0v) is 12.5. The number of amides is 1. The van der Waals surface area contributed by atoms with Crippen LogP contribution >= 0.6 is 15.9 Å². The SMILES string of the molecule is Cc1cc(Br)ccc1OCC(=O)NN=C1CCCC1. The van der Waals surface area contributed by atoms with Crippen molar-refractivity contribution in [3.8, 4) is 5.75 Å². The van der Waals surface area contributed by atoms with Crippen LogP contribution in [0.3, 0.4) is 0 Å². The molecule has 0 aliphatic heterocycles. The summed E-state index contributed by atoms with van der Waals surface area (Å²) in [5.41, 5.74) is 4.61. The minimum absolute atomic E-state index is 0.0146. The molecular weight excluding hydrogens is 308 g/mol. The summed E-state index contributed by atoms with van der Waals surface area (Å²) in [7, 11) is 0. The molecule has 1 saturated carbocycles. The number of carbonyl (C=O) groups excluding carboxylic acids is 1. The molecule has 0 atom stereocenters. The summed E-state index contributed by atoms with van der Waals surface area (Å²) in [4.78, 5) is 11.6. The number of rotatable bonds is 4. The van der Waals surface area contributed by atoms with Crippen LogP contribution in [0.4, 0.5) is 0 Å². The van der Waals surface area contributed by atoms with Crippen LogP contribution in [-0.2, 0) is 4.79 Å². The molecule has 4 nitrogen and oxygen atoms in total.